The topological polar surface area (TPSA) is 92.7 Å². The number of aromatic amines is 1. The van der Waals surface area contributed by atoms with E-state index < -0.39 is 5.82 Å². The van der Waals surface area contributed by atoms with Crippen molar-refractivity contribution in [2.45, 2.75) is 6.54 Å². The Kier molecular flexibility index (Phi) is 4.21. The van der Waals surface area contributed by atoms with Gasteiger partial charge in [0.2, 0.25) is 0 Å². The molecule has 0 radical (unpaired) electrons. The average Bonchev–Trinajstić information content (AvgIpc) is 3.21. The molecular weight excluding hydrogens is 349 g/mol. The van der Waals surface area contributed by atoms with Crippen LogP contribution >= 0.6 is 0 Å². The van der Waals surface area contributed by atoms with Crippen LogP contribution < -0.4 is 10.9 Å². The van der Waals surface area contributed by atoms with Gasteiger partial charge in [-0.1, -0.05) is 12.1 Å². The molecule has 0 aliphatic heterocycles. The van der Waals surface area contributed by atoms with Crippen molar-refractivity contribution in [3.63, 3.8) is 0 Å². The van der Waals surface area contributed by atoms with Crippen molar-refractivity contribution in [3.8, 4) is 5.69 Å². The van der Waals surface area contributed by atoms with Crippen LogP contribution in [0.4, 0.5) is 4.39 Å². The predicted octanol–water partition coefficient (Wildman–Crippen LogP) is 2.18. The van der Waals surface area contributed by atoms with Gasteiger partial charge in [-0.15, -0.1) is 10.2 Å². The summed E-state index contributed by atoms with van der Waals surface area (Å²) in [5.41, 5.74) is 1.47. The average molecular weight is 363 g/mol. The summed E-state index contributed by atoms with van der Waals surface area (Å²) in [6.07, 6.45) is 3.00. The Labute approximate surface area is 152 Å². The van der Waals surface area contributed by atoms with Gasteiger partial charge in [-0.05, 0) is 41.8 Å². The quantitative estimate of drug-likeness (QED) is 0.581. The largest absolute Gasteiger partial charge is 0.348 e. The highest BCUT2D eigenvalue weighted by Gasteiger charge is 2.13. The van der Waals surface area contributed by atoms with Gasteiger partial charge in [-0.25, -0.2) is 4.39 Å². The molecule has 0 spiro atoms. The van der Waals surface area contributed by atoms with Gasteiger partial charge in [-0.2, -0.15) is 0 Å². The summed E-state index contributed by atoms with van der Waals surface area (Å²) in [6, 6.07) is 12.8. The Morgan fingerprint density at radius 2 is 1.89 bits per heavy atom. The number of nitrogens with zero attached hydrogens (tertiary/aromatic N) is 3. The molecule has 4 rings (SSSR count). The minimum atomic E-state index is -0.426. The molecule has 134 valence electrons. The fraction of sp³-hybridized carbons (Fsp3) is 0.0526. The Morgan fingerprint density at radius 1 is 1.11 bits per heavy atom. The van der Waals surface area contributed by atoms with Crippen molar-refractivity contribution in [1.29, 1.82) is 0 Å². The van der Waals surface area contributed by atoms with Crippen molar-refractivity contribution < 1.29 is 9.18 Å². The number of carbonyl (C=O) groups is 1. The maximum absolute atomic E-state index is 13.3. The summed E-state index contributed by atoms with van der Waals surface area (Å²) in [7, 11) is 0. The lowest BCUT2D eigenvalue weighted by Gasteiger charge is -2.10. The molecule has 0 aliphatic carbocycles. The van der Waals surface area contributed by atoms with Gasteiger partial charge >= 0.3 is 0 Å². The van der Waals surface area contributed by atoms with E-state index in [1.165, 1.54) is 24.8 Å². The number of pyridine rings is 1. The number of benzene rings is 2. The molecule has 8 heteroatoms. The van der Waals surface area contributed by atoms with Gasteiger partial charge in [0.1, 0.15) is 18.5 Å². The van der Waals surface area contributed by atoms with Crippen LogP contribution in [0.1, 0.15) is 15.9 Å². The highest BCUT2D eigenvalue weighted by atomic mass is 19.1. The molecule has 2 aromatic heterocycles. The van der Waals surface area contributed by atoms with E-state index in [-0.39, 0.29) is 18.0 Å². The summed E-state index contributed by atoms with van der Waals surface area (Å²) in [6.45, 7) is 0.0397. The number of fused-ring (bicyclic) bond motifs is 1. The zero-order valence-electron chi connectivity index (χ0n) is 14.0. The predicted molar refractivity (Wildman–Crippen MR) is 97.1 cm³/mol. The minimum absolute atomic E-state index is 0.0397. The second kappa shape index (κ2) is 6.83. The van der Waals surface area contributed by atoms with Gasteiger partial charge < -0.3 is 10.3 Å². The van der Waals surface area contributed by atoms with Crippen LogP contribution in [0.3, 0.4) is 0 Å². The Hall–Kier alpha value is -3.81. The molecule has 2 heterocycles. The molecule has 2 N–H and O–H groups in total. The van der Waals surface area contributed by atoms with Gasteiger partial charge in [0.15, 0.2) is 0 Å². The lowest BCUT2D eigenvalue weighted by molar-refractivity contribution is 0.0951. The number of hydrogen-bond donors (Lipinski definition) is 2. The molecule has 0 unspecified atom stereocenters. The number of halogens is 1. The molecule has 0 aliphatic rings. The highest BCUT2D eigenvalue weighted by molar-refractivity contribution is 5.97. The highest BCUT2D eigenvalue weighted by Crippen LogP contribution is 2.15. The third-order valence-electron chi connectivity index (χ3n) is 4.17. The zero-order chi connectivity index (χ0) is 18.8. The standard InChI is InChI=1S/C19H14FN5O2/c20-14-6-5-12-7-13(18(26)24-16(12)8-14)9-21-19(27)15-3-1-2-4-17(15)25-10-22-23-11-25/h1-8,10-11H,9H2,(H,21,27)(H,24,26). The number of H-pyrrole nitrogens is 1. The fourth-order valence-electron chi connectivity index (χ4n) is 2.84. The summed E-state index contributed by atoms with van der Waals surface area (Å²) in [5.74, 6) is -0.761. The number of amides is 1. The molecule has 0 atom stereocenters. The summed E-state index contributed by atoms with van der Waals surface area (Å²) in [5, 5.41) is 10.9. The molecule has 4 aromatic rings. The first-order chi connectivity index (χ1) is 13.1. The van der Waals surface area contributed by atoms with E-state index in [2.05, 4.69) is 20.5 Å². The molecule has 27 heavy (non-hydrogen) atoms. The van der Waals surface area contributed by atoms with Crippen LogP contribution in [0.2, 0.25) is 0 Å². The lowest BCUT2D eigenvalue weighted by Crippen LogP contribution is -2.27. The van der Waals surface area contributed by atoms with E-state index in [1.54, 1.807) is 41.0 Å². The van der Waals surface area contributed by atoms with Crippen LogP contribution in [0.25, 0.3) is 16.6 Å². The van der Waals surface area contributed by atoms with Gasteiger partial charge in [0.05, 0.1) is 16.8 Å². The van der Waals surface area contributed by atoms with E-state index in [0.29, 0.717) is 27.7 Å². The number of nitrogens with one attached hydrogen (secondary N) is 2. The van der Waals surface area contributed by atoms with Crippen molar-refractivity contribution in [1.82, 2.24) is 25.1 Å². The van der Waals surface area contributed by atoms with Crippen LogP contribution in [0.15, 0.2) is 66.0 Å². The van der Waals surface area contributed by atoms with Crippen LogP contribution in [0, 0.1) is 5.82 Å². The van der Waals surface area contributed by atoms with Gasteiger partial charge in [-0.3, -0.25) is 14.2 Å². The summed E-state index contributed by atoms with van der Waals surface area (Å²) in [4.78, 5) is 27.5. The summed E-state index contributed by atoms with van der Waals surface area (Å²) < 4.78 is 14.9. The molecule has 0 saturated heterocycles. The van der Waals surface area contributed by atoms with Crippen molar-refractivity contribution >= 4 is 16.8 Å². The number of carbonyl (C=O) groups excluding carboxylic acids is 1. The molecular formula is C19H14FN5O2. The monoisotopic (exact) mass is 363 g/mol. The van der Waals surface area contributed by atoms with E-state index in [4.69, 9.17) is 0 Å². The maximum atomic E-state index is 13.3. The number of rotatable bonds is 4. The Bertz CT molecular complexity index is 1180. The van der Waals surface area contributed by atoms with Crippen molar-refractivity contribution in [2.75, 3.05) is 0 Å². The molecule has 0 saturated carbocycles. The molecule has 0 bridgehead atoms. The number of aromatic nitrogens is 4. The first kappa shape index (κ1) is 16.6. The smallest absolute Gasteiger partial charge is 0.253 e. The van der Waals surface area contributed by atoms with E-state index in [1.807, 2.05) is 0 Å². The van der Waals surface area contributed by atoms with Gasteiger partial charge in [0, 0.05) is 12.1 Å². The first-order valence-corrected chi connectivity index (χ1v) is 8.15. The molecule has 1 amide bonds. The lowest BCUT2D eigenvalue weighted by atomic mass is 10.1. The third kappa shape index (κ3) is 3.32. The van der Waals surface area contributed by atoms with Crippen molar-refractivity contribution in [3.05, 3.63) is 88.5 Å². The number of hydrogen-bond acceptors (Lipinski definition) is 4. The SMILES string of the molecule is O=C(NCc1cc2ccc(F)cc2[nH]c1=O)c1ccccc1-n1cnnc1. The van der Waals surface area contributed by atoms with E-state index >= 15 is 0 Å². The van der Waals surface area contributed by atoms with Gasteiger partial charge in [0.25, 0.3) is 11.5 Å². The number of para-hydroxylation sites is 1. The van der Waals surface area contributed by atoms with E-state index in [0.717, 1.165) is 0 Å². The third-order valence-corrected chi connectivity index (χ3v) is 4.17. The first-order valence-electron chi connectivity index (χ1n) is 8.15. The van der Waals surface area contributed by atoms with Crippen LogP contribution in [0.5, 0.6) is 0 Å². The molecule has 0 fully saturated rings. The van der Waals surface area contributed by atoms with E-state index in [9.17, 15) is 14.0 Å². The molecule has 2 aromatic carbocycles. The van der Waals surface area contributed by atoms with Crippen molar-refractivity contribution in [2.24, 2.45) is 0 Å². The van der Waals surface area contributed by atoms with Crippen LogP contribution in [-0.4, -0.2) is 25.7 Å². The fourth-order valence-corrected chi connectivity index (χ4v) is 2.84. The minimum Gasteiger partial charge on any atom is -0.348 e. The Balaban J connectivity index is 1.59. The summed E-state index contributed by atoms with van der Waals surface area (Å²) >= 11 is 0. The zero-order valence-corrected chi connectivity index (χ0v) is 14.0. The second-order valence-electron chi connectivity index (χ2n) is 5.92. The normalized spacial score (nSPS) is 10.9. The maximum Gasteiger partial charge on any atom is 0.253 e. The second-order valence-corrected chi connectivity index (χ2v) is 5.92. The Morgan fingerprint density at radius 3 is 2.70 bits per heavy atom. The molecule has 7 nitrogen and oxygen atoms in total. The van der Waals surface area contributed by atoms with Crippen LogP contribution in [-0.2, 0) is 6.54 Å².